The van der Waals surface area contributed by atoms with Gasteiger partial charge in [0.2, 0.25) is 0 Å². The Bertz CT molecular complexity index is 1000. The first-order chi connectivity index (χ1) is 12.8. The van der Waals surface area contributed by atoms with Gasteiger partial charge in [-0.1, -0.05) is 0 Å². The van der Waals surface area contributed by atoms with E-state index in [1.165, 1.54) is 6.20 Å². The fraction of sp³-hybridized carbons (Fsp3) is 0.412. The van der Waals surface area contributed by atoms with Crippen LogP contribution in [0, 0.1) is 13.8 Å². The van der Waals surface area contributed by atoms with Crippen molar-refractivity contribution in [1.29, 1.82) is 0 Å². The highest BCUT2D eigenvalue weighted by Gasteiger charge is 2.29. The highest BCUT2D eigenvalue weighted by atomic mass is 19.4. The molecule has 0 unspecified atom stereocenters. The molecule has 3 aromatic rings. The van der Waals surface area contributed by atoms with Crippen molar-refractivity contribution in [2.24, 2.45) is 0 Å². The van der Waals surface area contributed by atoms with Crippen LogP contribution in [0.3, 0.4) is 0 Å². The van der Waals surface area contributed by atoms with Crippen LogP contribution in [0.25, 0.3) is 5.65 Å². The number of anilines is 1. The SMILES string of the molecule is Cc1c(N2CCc3ncc(OCC(F)(F)F)cc3C2)nn2cnnc2c1C. The first kappa shape index (κ1) is 17.5. The number of aryl methyl sites for hydroxylation is 1. The molecular formula is C17H17F3N6O. The maximum absolute atomic E-state index is 12.4. The van der Waals surface area contributed by atoms with Crippen LogP contribution in [0.4, 0.5) is 19.0 Å². The van der Waals surface area contributed by atoms with Crippen molar-refractivity contribution in [1.82, 2.24) is 24.8 Å². The van der Waals surface area contributed by atoms with Crippen LogP contribution in [-0.2, 0) is 13.0 Å². The summed E-state index contributed by atoms with van der Waals surface area (Å²) in [6.07, 6.45) is -0.811. The molecule has 4 rings (SSSR count). The minimum atomic E-state index is -4.38. The highest BCUT2D eigenvalue weighted by molar-refractivity contribution is 5.59. The molecule has 27 heavy (non-hydrogen) atoms. The van der Waals surface area contributed by atoms with Gasteiger partial charge in [-0.25, -0.2) is 0 Å². The molecule has 0 aromatic carbocycles. The summed E-state index contributed by atoms with van der Waals surface area (Å²) in [5, 5.41) is 12.6. The average molecular weight is 378 g/mol. The molecule has 0 atom stereocenters. The lowest BCUT2D eigenvalue weighted by atomic mass is 10.0. The first-order valence-corrected chi connectivity index (χ1v) is 8.41. The van der Waals surface area contributed by atoms with E-state index in [0.29, 0.717) is 25.2 Å². The number of ether oxygens (including phenoxy) is 1. The molecule has 0 bridgehead atoms. The van der Waals surface area contributed by atoms with Gasteiger partial charge in [-0.3, -0.25) is 4.98 Å². The number of hydrogen-bond donors (Lipinski definition) is 0. The second-order valence-corrected chi connectivity index (χ2v) is 6.52. The van der Waals surface area contributed by atoms with Crippen LogP contribution in [0.15, 0.2) is 18.6 Å². The Labute approximate surface area is 152 Å². The van der Waals surface area contributed by atoms with Crippen molar-refractivity contribution in [3.63, 3.8) is 0 Å². The number of halogens is 3. The zero-order valence-electron chi connectivity index (χ0n) is 14.8. The Hall–Kier alpha value is -2.91. The van der Waals surface area contributed by atoms with E-state index in [2.05, 4.69) is 25.2 Å². The summed E-state index contributed by atoms with van der Waals surface area (Å²) < 4.78 is 43.6. The lowest BCUT2D eigenvalue weighted by molar-refractivity contribution is -0.153. The predicted octanol–water partition coefficient (Wildman–Crippen LogP) is 2.64. The number of pyridine rings is 1. The van der Waals surface area contributed by atoms with Gasteiger partial charge >= 0.3 is 6.18 Å². The fourth-order valence-corrected chi connectivity index (χ4v) is 3.19. The van der Waals surface area contributed by atoms with Gasteiger partial charge in [-0.05, 0) is 25.5 Å². The molecule has 1 aliphatic heterocycles. The summed E-state index contributed by atoms with van der Waals surface area (Å²) in [4.78, 5) is 6.35. The maximum Gasteiger partial charge on any atom is 0.422 e. The third kappa shape index (κ3) is 3.38. The number of hydrogen-bond acceptors (Lipinski definition) is 6. The number of alkyl halides is 3. The Balaban J connectivity index is 1.62. The van der Waals surface area contributed by atoms with Crippen molar-refractivity contribution in [3.05, 3.63) is 41.0 Å². The summed E-state index contributed by atoms with van der Waals surface area (Å²) in [7, 11) is 0. The molecule has 0 radical (unpaired) electrons. The van der Waals surface area contributed by atoms with E-state index >= 15 is 0 Å². The molecule has 3 aromatic heterocycles. The second kappa shape index (κ2) is 6.36. The molecule has 0 amide bonds. The first-order valence-electron chi connectivity index (χ1n) is 8.41. The van der Waals surface area contributed by atoms with Gasteiger partial charge in [0.15, 0.2) is 18.1 Å². The number of fused-ring (bicyclic) bond motifs is 2. The molecule has 0 aliphatic carbocycles. The number of aromatic nitrogens is 5. The lowest BCUT2D eigenvalue weighted by Crippen LogP contribution is -2.33. The minimum Gasteiger partial charge on any atom is -0.482 e. The Morgan fingerprint density at radius 2 is 2.04 bits per heavy atom. The van der Waals surface area contributed by atoms with Crippen molar-refractivity contribution >= 4 is 11.5 Å². The molecule has 10 heteroatoms. The van der Waals surface area contributed by atoms with Gasteiger partial charge in [-0.15, -0.1) is 15.3 Å². The Morgan fingerprint density at radius 3 is 2.81 bits per heavy atom. The molecule has 0 fully saturated rings. The van der Waals surface area contributed by atoms with Crippen LogP contribution in [0.2, 0.25) is 0 Å². The van der Waals surface area contributed by atoms with Crippen molar-refractivity contribution in [3.8, 4) is 5.75 Å². The van der Waals surface area contributed by atoms with Gasteiger partial charge in [0.25, 0.3) is 0 Å². The van der Waals surface area contributed by atoms with Crippen LogP contribution in [-0.4, -0.2) is 44.1 Å². The molecule has 142 valence electrons. The topological polar surface area (TPSA) is 68.4 Å². The highest BCUT2D eigenvalue weighted by Crippen LogP contribution is 2.29. The van der Waals surface area contributed by atoms with Crippen LogP contribution < -0.4 is 9.64 Å². The molecule has 0 N–H and O–H groups in total. The summed E-state index contributed by atoms with van der Waals surface area (Å²) in [5.74, 6) is 0.912. The van der Waals surface area contributed by atoms with Crippen molar-refractivity contribution in [2.75, 3.05) is 18.1 Å². The Kier molecular flexibility index (Phi) is 4.12. The maximum atomic E-state index is 12.4. The van der Waals surface area contributed by atoms with Gasteiger partial charge in [0.1, 0.15) is 12.1 Å². The van der Waals surface area contributed by atoms with E-state index in [4.69, 9.17) is 4.74 Å². The largest absolute Gasteiger partial charge is 0.482 e. The van der Waals surface area contributed by atoms with Gasteiger partial charge in [0.05, 0.1) is 6.20 Å². The molecule has 1 aliphatic rings. The van der Waals surface area contributed by atoms with Gasteiger partial charge < -0.3 is 9.64 Å². The molecule has 4 heterocycles. The van der Waals surface area contributed by atoms with E-state index in [1.807, 2.05) is 13.8 Å². The molecule has 0 spiro atoms. The minimum absolute atomic E-state index is 0.114. The predicted molar refractivity (Wildman–Crippen MR) is 90.8 cm³/mol. The fourth-order valence-electron chi connectivity index (χ4n) is 3.19. The van der Waals surface area contributed by atoms with E-state index in [9.17, 15) is 13.2 Å². The third-order valence-electron chi connectivity index (χ3n) is 4.68. The summed E-state index contributed by atoms with van der Waals surface area (Å²) >= 11 is 0. The average Bonchev–Trinajstić information content (AvgIpc) is 3.10. The van der Waals surface area contributed by atoms with Gasteiger partial charge in [-0.2, -0.15) is 17.7 Å². The molecular weight excluding hydrogens is 361 g/mol. The van der Waals surface area contributed by atoms with Crippen molar-refractivity contribution in [2.45, 2.75) is 33.0 Å². The standard InChI is InChI=1S/C17H17F3N6O/c1-10-11(2)16(24-26-9-22-23-15(10)26)25-4-3-14-12(7-25)5-13(6-21-14)27-8-17(18,19)20/h5-6,9H,3-4,7-8H2,1-2H3. The van der Waals surface area contributed by atoms with E-state index < -0.39 is 12.8 Å². The normalized spacial score (nSPS) is 14.5. The van der Waals surface area contributed by atoms with Crippen LogP contribution in [0.5, 0.6) is 5.75 Å². The number of nitrogens with zero attached hydrogens (tertiary/aromatic N) is 6. The zero-order chi connectivity index (χ0) is 19.2. The second-order valence-electron chi connectivity index (χ2n) is 6.52. The van der Waals surface area contributed by atoms with Gasteiger partial charge in [0, 0.05) is 36.3 Å². The van der Waals surface area contributed by atoms with Crippen LogP contribution >= 0.6 is 0 Å². The quantitative estimate of drug-likeness (QED) is 0.698. The molecule has 7 nitrogen and oxygen atoms in total. The van der Waals surface area contributed by atoms with Crippen molar-refractivity contribution < 1.29 is 17.9 Å². The summed E-state index contributed by atoms with van der Waals surface area (Å²) in [6.45, 7) is 3.81. The third-order valence-corrected chi connectivity index (χ3v) is 4.68. The van der Waals surface area contributed by atoms with E-state index in [0.717, 1.165) is 28.2 Å². The Morgan fingerprint density at radius 1 is 1.22 bits per heavy atom. The van der Waals surface area contributed by atoms with Crippen LogP contribution in [0.1, 0.15) is 22.4 Å². The zero-order valence-corrected chi connectivity index (χ0v) is 14.8. The van der Waals surface area contributed by atoms with E-state index in [-0.39, 0.29) is 5.75 Å². The van der Waals surface area contributed by atoms with E-state index in [1.54, 1.807) is 16.9 Å². The molecule has 0 saturated carbocycles. The number of rotatable bonds is 3. The summed E-state index contributed by atoms with van der Waals surface area (Å²) in [5.41, 5.74) is 4.40. The smallest absolute Gasteiger partial charge is 0.422 e. The monoisotopic (exact) mass is 378 g/mol. The molecule has 0 saturated heterocycles. The summed E-state index contributed by atoms with van der Waals surface area (Å²) in [6, 6.07) is 1.62. The lowest BCUT2D eigenvalue weighted by Gasteiger charge is -2.30.